The Balaban J connectivity index is 1.82. The van der Waals surface area contributed by atoms with Gasteiger partial charge in [-0.25, -0.2) is 17.9 Å². The quantitative estimate of drug-likeness (QED) is 0.389. The standard InChI is InChI=1S/C23H21F6N5O3/c1-2-33(21(36)18-16(25)7-4-8-17(18)26)12-22(37,23(27,28)29)11-31-20(35)15-10-32-34(19(15)30)14-6-3-5-13(24)9-14/h3-10,37H,2,11-12,30H2,1H3,(H,31,35). The fourth-order valence-electron chi connectivity index (χ4n) is 3.42. The Kier molecular flexibility index (Phi) is 7.81. The minimum absolute atomic E-state index is 0.140. The molecule has 14 heteroatoms. The molecule has 0 aliphatic heterocycles. The number of carbonyl (C=O) groups is 2. The van der Waals surface area contributed by atoms with Crippen LogP contribution in [0.4, 0.5) is 32.2 Å². The van der Waals surface area contributed by atoms with Gasteiger partial charge in [-0.1, -0.05) is 12.1 Å². The number of aromatic nitrogens is 2. The van der Waals surface area contributed by atoms with Crippen LogP contribution in [0.25, 0.3) is 5.69 Å². The highest BCUT2D eigenvalue weighted by Gasteiger charge is 2.55. The average molecular weight is 529 g/mol. The molecule has 3 aromatic rings. The Hall–Kier alpha value is -4.07. The molecular formula is C23H21F6N5O3. The molecule has 0 aliphatic rings. The number of benzene rings is 2. The first-order valence-electron chi connectivity index (χ1n) is 10.7. The molecule has 198 valence electrons. The Morgan fingerprint density at radius 3 is 2.30 bits per heavy atom. The first kappa shape index (κ1) is 27.5. The molecule has 0 aliphatic carbocycles. The zero-order valence-electron chi connectivity index (χ0n) is 19.2. The van der Waals surface area contributed by atoms with E-state index in [1.54, 1.807) is 0 Å². The minimum atomic E-state index is -5.38. The van der Waals surface area contributed by atoms with Crippen LogP contribution in [0.1, 0.15) is 27.6 Å². The third-order valence-electron chi connectivity index (χ3n) is 5.47. The normalized spacial score (nSPS) is 13.2. The molecule has 0 saturated heterocycles. The summed E-state index contributed by atoms with van der Waals surface area (Å²) in [5.41, 5.74) is 0.832. The molecular weight excluding hydrogens is 508 g/mol. The summed E-state index contributed by atoms with van der Waals surface area (Å²) < 4.78 is 84.1. The number of hydrogen-bond acceptors (Lipinski definition) is 5. The fraction of sp³-hybridized carbons (Fsp3) is 0.261. The second-order valence-electron chi connectivity index (χ2n) is 7.96. The van der Waals surface area contributed by atoms with Gasteiger partial charge >= 0.3 is 6.18 Å². The Labute approximate surface area is 206 Å². The summed E-state index contributed by atoms with van der Waals surface area (Å²) in [6, 6.07) is 7.47. The van der Waals surface area contributed by atoms with E-state index in [4.69, 9.17) is 5.73 Å². The zero-order valence-corrected chi connectivity index (χ0v) is 19.2. The van der Waals surface area contributed by atoms with Crippen LogP contribution < -0.4 is 11.1 Å². The summed E-state index contributed by atoms with van der Waals surface area (Å²) in [6.07, 6.45) is -4.44. The molecule has 1 aromatic heterocycles. The Bertz CT molecular complexity index is 1290. The Morgan fingerprint density at radius 1 is 1.11 bits per heavy atom. The highest BCUT2D eigenvalue weighted by atomic mass is 19.4. The van der Waals surface area contributed by atoms with Gasteiger partial charge in [0.15, 0.2) is 5.60 Å². The van der Waals surface area contributed by atoms with Crippen molar-refractivity contribution in [2.75, 3.05) is 25.4 Å². The lowest BCUT2D eigenvalue weighted by atomic mass is 10.0. The monoisotopic (exact) mass is 529 g/mol. The summed E-state index contributed by atoms with van der Waals surface area (Å²) in [6.45, 7) is -2.10. The minimum Gasteiger partial charge on any atom is -0.383 e. The molecule has 1 unspecified atom stereocenters. The van der Waals surface area contributed by atoms with Crippen molar-refractivity contribution in [1.82, 2.24) is 20.0 Å². The van der Waals surface area contributed by atoms with Crippen LogP contribution in [-0.2, 0) is 0 Å². The molecule has 3 rings (SSSR count). The van der Waals surface area contributed by atoms with Crippen molar-refractivity contribution in [1.29, 1.82) is 0 Å². The molecule has 37 heavy (non-hydrogen) atoms. The van der Waals surface area contributed by atoms with Gasteiger partial charge in [0.2, 0.25) is 0 Å². The van der Waals surface area contributed by atoms with Gasteiger partial charge in [-0.05, 0) is 37.3 Å². The van der Waals surface area contributed by atoms with Crippen LogP contribution in [0.2, 0.25) is 0 Å². The van der Waals surface area contributed by atoms with E-state index in [1.165, 1.54) is 19.1 Å². The summed E-state index contributed by atoms with van der Waals surface area (Å²) in [4.78, 5) is 25.6. The largest absolute Gasteiger partial charge is 0.420 e. The lowest BCUT2D eigenvalue weighted by molar-refractivity contribution is -0.259. The van der Waals surface area contributed by atoms with Gasteiger partial charge in [0.1, 0.15) is 34.4 Å². The fourth-order valence-corrected chi connectivity index (χ4v) is 3.42. The summed E-state index contributed by atoms with van der Waals surface area (Å²) in [7, 11) is 0. The molecule has 2 aromatic carbocycles. The van der Waals surface area contributed by atoms with Crippen molar-refractivity contribution in [3.05, 3.63) is 77.2 Å². The highest BCUT2D eigenvalue weighted by Crippen LogP contribution is 2.32. The highest BCUT2D eigenvalue weighted by molar-refractivity contribution is 5.98. The van der Waals surface area contributed by atoms with Crippen molar-refractivity contribution in [2.24, 2.45) is 0 Å². The van der Waals surface area contributed by atoms with Crippen molar-refractivity contribution < 1.29 is 41.0 Å². The lowest BCUT2D eigenvalue weighted by Crippen LogP contribution is -2.60. The number of likely N-dealkylation sites (N-methyl/N-ethyl adjacent to an activating group) is 1. The SMILES string of the molecule is CCN(CC(O)(CNC(=O)c1cnn(-c2cccc(F)c2)c1N)C(F)(F)F)C(=O)c1c(F)cccc1F. The number of alkyl halides is 3. The average Bonchev–Trinajstić information content (AvgIpc) is 3.21. The van der Waals surface area contributed by atoms with Gasteiger partial charge in [0.05, 0.1) is 25.0 Å². The van der Waals surface area contributed by atoms with Crippen molar-refractivity contribution in [2.45, 2.75) is 18.7 Å². The van der Waals surface area contributed by atoms with Crippen LogP contribution >= 0.6 is 0 Å². The number of rotatable bonds is 8. The van der Waals surface area contributed by atoms with Crippen molar-refractivity contribution >= 4 is 17.6 Å². The second kappa shape index (κ2) is 10.5. The second-order valence-corrected chi connectivity index (χ2v) is 7.96. The number of nitrogens with zero attached hydrogens (tertiary/aromatic N) is 3. The maximum atomic E-state index is 14.0. The number of halogens is 6. The molecule has 0 bridgehead atoms. The summed E-state index contributed by atoms with van der Waals surface area (Å²) in [5, 5.41) is 16.2. The number of nitrogen functional groups attached to an aromatic ring is 1. The maximum Gasteiger partial charge on any atom is 0.420 e. The predicted octanol–water partition coefficient (Wildman–Crippen LogP) is 3.06. The number of aliphatic hydroxyl groups is 1. The first-order chi connectivity index (χ1) is 17.3. The molecule has 1 atom stereocenters. The van der Waals surface area contributed by atoms with Crippen LogP contribution in [0, 0.1) is 17.5 Å². The molecule has 0 radical (unpaired) electrons. The molecule has 1 heterocycles. The number of anilines is 1. The third-order valence-corrected chi connectivity index (χ3v) is 5.47. The molecule has 4 N–H and O–H groups in total. The van der Waals surface area contributed by atoms with Gasteiger partial charge < -0.3 is 21.1 Å². The van der Waals surface area contributed by atoms with E-state index in [2.05, 4.69) is 5.10 Å². The summed E-state index contributed by atoms with van der Waals surface area (Å²) >= 11 is 0. The maximum absolute atomic E-state index is 14.0. The van der Waals surface area contributed by atoms with E-state index in [0.29, 0.717) is 4.90 Å². The predicted molar refractivity (Wildman–Crippen MR) is 119 cm³/mol. The smallest absolute Gasteiger partial charge is 0.383 e. The van der Waals surface area contributed by atoms with Crippen LogP contribution in [0.3, 0.4) is 0 Å². The van der Waals surface area contributed by atoms with Crippen molar-refractivity contribution in [3.8, 4) is 5.69 Å². The van der Waals surface area contributed by atoms with Gasteiger partial charge in [-0.15, -0.1) is 0 Å². The van der Waals surface area contributed by atoms with E-state index in [-0.39, 0.29) is 17.1 Å². The molecule has 8 nitrogen and oxygen atoms in total. The number of amides is 2. The Morgan fingerprint density at radius 2 is 1.73 bits per heavy atom. The first-order valence-corrected chi connectivity index (χ1v) is 10.7. The van der Waals surface area contributed by atoms with Gasteiger partial charge in [-0.2, -0.15) is 18.3 Å². The van der Waals surface area contributed by atoms with E-state index in [1.807, 2.05) is 5.32 Å². The van der Waals surface area contributed by atoms with Crippen LogP contribution in [-0.4, -0.2) is 63.0 Å². The molecule has 0 fully saturated rings. The van der Waals surface area contributed by atoms with Gasteiger partial charge in [0.25, 0.3) is 11.8 Å². The van der Waals surface area contributed by atoms with Gasteiger partial charge in [-0.3, -0.25) is 9.59 Å². The number of hydrogen-bond donors (Lipinski definition) is 3. The third kappa shape index (κ3) is 5.69. The summed E-state index contributed by atoms with van der Waals surface area (Å²) in [5.74, 6) is -6.11. The van der Waals surface area contributed by atoms with E-state index < -0.39 is 66.2 Å². The molecule has 2 amide bonds. The van der Waals surface area contributed by atoms with Crippen LogP contribution in [0.5, 0.6) is 0 Å². The topological polar surface area (TPSA) is 113 Å². The number of carbonyl (C=O) groups excluding carboxylic acids is 2. The van der Waals surface area contributed by atoms with Crippen LogP contribution in [0.15, 0.2) is 48.7 Å². The van der Waals surface area contributed by atoms with E-state index >= 15 is 0 Å². The van der Waals surface area contributed by atoms with E-state index in [9.17, 15) is 41.0 Å². The number of nitrogens with two attached hydrogens (primary N) is 1. The molecule has 0 spiro atoms. The van der Waals surface area contributed by atoms with E-state index in [0.717, 1.165) is 41.2 Å². The number of nitrogens with one attached hydrogen (secondary N) is 1. The lowest BCUT2D eigenvalue weighted by Gasteiger charge is -2.35. The van der Waals surface area contributed by atoms with Crippen molar-refractivity contribution in [3.63, 3.8) is 0 Å². The zero-order chi connectivity index (χ0) is 27.5. The molecule has 0 saturated carbocycles. The van der Waals surface area contributed by atoms with Gasteiger partial charge in [0, 0.05) is 6.54 Å².